The fraction of sp³-hybridized carbons (Fsp3) is 0.909. The molecule has 3 unspecified atom stereocenters. The highest BCUT2D eigenvalue weighted by molar-refractivity contribution is 5.78. The number of hydrogen-bond donors (Lipinski definition) is 2. The Morgan fingerprint density at radius 3 is 2.67 bits per heavy atom. The fourth-order valence-electron chi connectivity index (χ4n) is 2.16. The zero-order valence-electron chi connectivity index (χ0n) is 9.65. The smallest absolute Gasteiger partial charge is 0.226 e. The molecule has 0 saturated heterocycles. The molecule has 1 aliphatic rings. The molecule has 0 aromatic rings. The molecule has 1 saturated carbocycles. The monoisotopic (exact) mass is 214 g/mol. The molecule has 0 bridgehead atoms. The number of carbonyl (C=O) groups is 1. The Morgan fingerprint density at radius 2 is 2.13 bits per heavy atom. The second kappa shape index (κ2) is 5.47. The van der Waals surface area contributed by atoms with E-state index in [-0.39, 0.29) is 24.0 Å². The van der Waals surface area contributed by atoms with Crippen molar-refractivity contribution in [2.24, 2.45) is 11.7 Å². The minimum absolute atomic E-state index is 0.0137. The lowest BCUT2D eigenvalue weighted by Crippen LogP contribution is -2.48. The Labute approximate surface area is 91.4 Å². The number of likely N-dealkylation sites (N-methyl/N-ethyl adjacent to an activating group) is 1. The number of carbonyl (C=O) groups excluding carboxylic acids is 1. The van der Waals surface area contributed by atoms with E-state index in [0.717, 1.165) is 25.7 Å². The van der Waals surface area contributed by atoms with Gasteiger partial charge in [-0.1, -0.05) is 19.8 Å². The predicted molar refractivity (Wildman–Crippen MR) is 59.3 cm³/mol. The average Bonchev–Trinajstić information content (AvgIpc) is 2.26. The first-order valence-corrected chi connectivity index (χ1v) is 5.72. The molecule has 0 heterocycles. The van der Waals surface area contributed by atoms with Crippen molar-refractivity contribution in [1.29, 1.82) is 0 Å². The molecule has 0 aromatic heterocycles. The van der Waals surface area contributed by atoms with Crippen molar-refractivity contribution in [3.05, 3.63) is 0 Å². The van der Waals surface area contributed by atoms with Crippen LogP contribution >= 0.6 is 0 Å². The van der Waals surface area contributed by atoms with Crippen LogP contribution in [-0.4, -0.2) is 41.7 Å². The van der Waals surface area contributed by atoms with E-state index < -0.39 is 0 Å². The number of nitrogens with two attached hydrogens (primary N) is 1. The number of nitrogens with zero attached hydrogens (tertiary/aromatic N) is 1. The van der Waals surface area contributed by atoms with Crippen LogP contribution in [0, 0.1) is 5.92 Å². The molecule has 0 aliphatic heterocycles. The molecular formula is C11H22N2O2. The van der Waals surface area contributed by atoms with Crippen molar-refractivity contribution >= 4 is 5.91 Å². The van der Waals surface area contributed by atoms with Gasteiger partial charge in [-0.3, -0.25) is 4.79 Å². The maximum absolute atomic E-state index is 11.9. The van der Waals surface area contributed by atoms with Gasteiger partial charge < -0.3 is 15.7 Å². The summed E-state index contributed by atoms with van der Waals surface area (Å²) in [5.41, 5.74) is 5.46. The molecule has 3 atom stereocenters. The molecule has 0 spiro atoms. The molecule has 1 amide bonds. The van der Waals surface area contributed by atoms with Crippen LogP contribution in [0.5, 0.6) is 0 Å². The summed E-state index contributed by atoms with van der Waals surface area (Å²) in [6.45, 7) is 2.19. The van der Waals surface area contributed by atoms with Crippen LogP contribution in [0.25, 0.3) is 0 Å². The summed E-state index contributed by atoms with van der Waals surface area (Å²) >= 11 is 0. The molecule has 3 N–H and O–H groups in total. The van der Waals surface area contributed by atoms with Crippen molar-refractivity contribution in [3.8, 4) is 0 Å². The van der Waals surface area contributed by atoms with E-state index in [0.29, 0.717) is 6.54 Å². The number of rotatable bonds is 3. The van der Waals surface area contributed by atoms with Gasteiger partial charge in [0.25, 0.3) is 0 Å². The third kappa shape index (κ3) is 2.92. The summed E-state index contributed by atoms with van der Waals surface area (Å²) < 4.78 is 0. The van der Waals surface area contributed by atoms with Crippen molar-refractivity contribution in [1.82, 2.24) is 4.90 Å². The van der Waals surface area contributed by atoms with Crippen molar-refractivity contribution < 1.29 is 9.90 Å². The summed E-state index contributed by atoms with van der Waals surface area (Å²) in [6, 6.07) is -0.0137. The highest BCUT2D eigenvalue weighted by atomic mass is 16.3. The third-order valence-electron chi connectivity index (χ3n) is 3.31. The number of hydrogen-bond acceptors (Lipinski definition) is 3. The number of aliphatic hydroxyl groups excluding tert-OH is 1. The molecule has 4 nitrogen and oxygen atoms in total. The summed E-state index contributed by atoms with van der Waals surface area (Å²) in [5, 5.41) is 9.82. The van der Waals surface area contributed by atoms with E-state index in [9.17, 15) is 9.90 Å². The van der Waals surface area contributed by atoms with Gasteiger partial charge in [-0.15, -0.1) is 0 Å². The molecule has 0 radical (unpaired) electrons. The fourth-order valence-corrected chi connectivity index (χ4v) is 2.16. The third-order valence-corrected chi connectivity index (χ3v) is 3.31. The van der Waals surface area contributed by atoms with Gasteiger partial charge in [0.1, 0.15) is 0 Å². The Hall–Kier alpha value is -0.610. The van der Waals surface area contributed by atoms with Gasteiger partial charge in [-0.05, 0) is 12.8 Å². The Kier molecular flexibility index (Phi) is 4.54. The highest BCUT2D eigenvalue weighted by Gasteiger charge is 2.30. The minimum atomic E-state index is -0.363. The largest absolute Gasteiger partial charge is 0.391 e. The van der Waals surface area contributed by atoms with E-state index >= 15 is 0 Å². The Balaban J connectivity index is 2.57. The number of aliphatic hydroxyl groups is 1. The summed E-state index contributed by atoms with van der Waals surface area (Å²) in [4.78, 5) is 13.5. The quantitative estimate of drug-likeness (QED) is 0.712. The first kappa shape index (κ1) is 12.5. The van der Waals surface area contributed by atoms with Crippen LogP contribution in [0.4, 0.5) is 0 Å². The summed E-state index contributed by atoms with van der Waals surface area (Å²) in [5.74, 6) is -0.104. The summed E-state index contributed by atoms with van der Waals surface area (Å²) in [7, 11) is 1.77. The van der Waals surface area contributed by atoms with Crippen molar-refractivity contribution in [3.63, 3.8) is 0 Å². The predicted octanol–water partition coefficient (Wildman–Crippen LogP) is 0.343. The Bertz CT molecular complexity index is 221. The lowest BCUT2D eigenvalue weighted by molar-refractivity contribution is -0.138. The van der Waals surface area contributed by atoms with Crippen molar-refractivity contribution in [2.45, 2.75) is 44.8 Å². The molecule has 1 rings (SSSR count). The normalized spacial score (nSPS) is 28.5. The van der Waals surface area contributed by atoms with Gasteiger partial charge >= 0.3 is 0 Å². The van der Waals surface area contributed by atoms with Crippen LogP contribution in [0.1, 0.15) is 32.6 Å². The molecule has 15 heavy (non-hydrogen) atoms. The van der Waals surface area contributed by atoms with Gasteiger partial charge in [0.15, 0.2) is 0 Å². The first-order valence-electron chi connectivity index (χ1n) is 5.72. The van der Waals surface area contributed by atoms with Gasteiger partial charge in [-0.25, -0.2) is 0 Å². The standard InChI is InChI=1S/C11H22N2O2/c1-8(7-12)11(15)13(2)9-5-3-4-6-10(9)14/h8-10,14H,3-7,12H2,1-2H3. The van der Waals surface area contributed by atoms with Crippen LogP contribution in [0.15, 0.2) is 0 Å². The zero-order valence-corrected chi connectivity index (χ0v) is 9.65. The second-order valence-electron chi connectivity index (χ2n) is 4.51. The van der Waals surface area contributed by atoms with Crippen LogP contribution < -0.4 is 5.73 Å². The van der Waals surface area contributed by atoms with Gasteiger partial charge in [0.05, 0.1) is 12.1 Å². The van der Waals surface area contributed by atoms with E-state index in [2.05, 4.69) is 0 Å². The molecule has 1 fully saturated rings. The van der Waals surface area contributed by atoms with Crippen LogP contribution in [-0.2, 0) is 4.79 Å². The molecule has 1 aliphatic carbocycles. The molecule has 4 heteroatoms. The number of amides is 1. The molecule has 0 aromatic carbocycles. The average molecular weight is 214 g/mol. The summed E-state index contributed by atoms with van der Waals surface area (Å²) in [6.07, 6.45) is 3.50. The topological polar surface area (TPSA) is 66.6 Å². The van der Waals surface area contributed by atoms with E-state index in [1.54, 1.807) is 11.9 Å². The van der Waals surface area contributed by atoms with Gasteiger partial charge in [0, 0.05) is 19.5 Å². The van der Waals surface area contributed by atoms with Gasteiger partial charge in [-0.2, -0.15) is 0 Å². The SMILES string of the molecule is CC(CN)C(=O)N(C)C1CCCCC1O. The zero-order chi connectivity index (χ0) is 11.4. The lowest BCUT2D eigenvalue weighted by Gasteiger charge is -2.36. The maximum Gasteiger partial charge on any atom is 0.226 e. The minimum Gasteiger partial charge on any atom is -0.391 e. The highest BCUT2D eigenvalue weighted by Crippen LogP contribution is 2.23. The molecular weight excluding hydrogens is 192 g/mol. The van der Waals surface area contributed by atoms with Crippen molar-refractivity contribution in [2.75, 3.05) is 13.6 Å². The van der Waals surface area contributed by atoms with E-state index in [1.807, 2.05) is 6.92 Å². The van der Waals surface area contributed by atoms with Crippen LogP contribution in [0.3, 0.4) is 0 Å². The van der Waals surface area contributed by atoms with Crippen LogP contribution in [0.2, 0.25) is 0 Å². The second-order valence-corrected chi connectivity index (χ2v) is 4.51. The van der Waals surface area contributed by atoms with E-state index in [1.165, 1.54) is 0 Å². The van der Waals surface area contributed by atoms with Gasteiger partial charge in [0.2, 0.25) is 5.91 Å². The first-order chi connectivity index (χ1) is 7.07. The Morgan fingerprint density at radius 1 is 1.53 bits per heavy atom. The van der Waals surface area contributed by atoms with E-state index in [4.69, 9.17) is 5.73 Å². The lowest BCUT2D eigenvalue weighted by atomic mass is 9.91. The maximum atomic E-state index is 11.9. The molecule has 88 valence electrons.